The van der Waals surface area contributed by atoms with Crippen LogP contribution < -0.4 is 9.47 Å². The van der Waals surface area contributed by atoms with E-state index in [1.54, 1.807) is 14.2 Å². The maximum Gasteiger partial charge on any atom is 0.311 e. The Morgan fingerprint density at radius 2 is 1.63 bits per heavy atom. The quantitative estimate of drug-likeness (QED) is 0.202. The van der Waals surface area contributed by atoms with Crippen LogP contribution in [0.2, 0.25) is 0 Å². The summed E-state index contributed by atoms with van der Waals surface area (Å²) < 4.78 is 16.6. The minimum Gasteiger partial charge on any atom is -0.496 e. The summed E-state index contributed by atoms with van der Waals surface area (Å²) in [4.78, 5) is 24.9. The summed E-state index contributed by atoms with van der Waals surface area (Å²) >= 11 is 0. The molecule has 0 aliphatic heterocycles. The number of carbonyl (C=O) groups excluding carboxylic acids is 1. The second-order valence-electron chi connectivity index (χ2n) is 12.3. The predicted molar refractivity (Wildman–Crippen MR) is 149 cm³/mol. The Labute approximate surface area is 227 Å². The van der Waals surface area contributed by atoms with E-state index in [0.717, 1.165) is 73.0 Å². The van der Waals surface area contributed by atoms with Crippen molar-refractivity contribution in [3.63, 3.8) is 0 Å². The van der Waals surface area contributed by atoms with Gasteiger partial charge in [-0.2, -0.15) is 4.89 Å². The smallest absolute Gasteiger partial charge is 0.311 e. The van der Waals surface area contributed by atoms with Crippen molar-refractivity contribution in [1.29, 1.82) is 0 Å². The van der Waals surface area contributed by atoms with Crippen molar-refractivity contribution < 1.29 is 28.8 Å². The third kappa shape index (κ3) is 5.25. The summed E-state index contributed by atoms with van der Waals surface area (Å²) in [5.41, 5.74) is 1.39. The van der Waals surface area contributed by atoms with Crippen molar-refractivity contribution in [3.05, 3.63) is 47.2 Å². The van der Waals surface area contributed by atoms with Gasteiger partial charge in [0.15, 0.2) is 0 Å². The Morgan fingerprint density at radius 1 is 0.947 bits per heavy atom. The molecule has 0 amide bonds. The molecule has 0 aromatic heterocycles. The maximum absolute atomic E-state index is 13.0. The highest BCUT2D eigenvalue weighted by Gasteiger charge is 2.56. The lowest BCUT2D eigenvalue weighted by molar-refractivity contribution is -0.325. The molecule has 2 aliphatic carbocycles. The second-order valence-corrected chi connectivity index (χ2v) is 12.3. The zero-order chi connectivity index (χ0) is 27.7. The molecule has 0 bridgehead atoms. The van der Waals surface area contributed by atoms with Crippen LogP contribution >= 0.6 is 0 Å². The number of benzene rings is 2. The van der Waals surface area contributed by atoms with Crippen molar-refractivity contribution >= 4 is 16.7 Å². The first-order valence-corrected chi connectivity index (χ1v) is 13.8. The Morgan fingerprint density at radius 3 is 2.26 bits per heavy atom. The summed E-state index contributed by atoms with van der Waals surface area (Å²) in [6.07, 6.45) is 6.14. The van der Waals surface area contributed by atoms with Crippen LogP contribution in [0.25, 0.3) is 10.8 Å². The molecule has 0 N–H and O–H groups in total. The number of esters is 1. The van der Waals surface area contributed by atoms with E-state index in [1.807, 2.05) is 32.9 Å². The molecule has 0 saturated heterocycles. The number of allylic oxidation sites excluding steroid dienone is 2. The van der Waals surface area contributed by atoms with E-state index in [0.29, 0.717) is 0 Å². The number of hydrogen-bond donors (Lipinski definition) is 0. The molecule has 2 aromatic rings. The standard InChI is InChI=1S/C32H44O6/c1-30(2,3)38-37-27-16-17-28-31(4,18-9-19-32(28,5)29(33)36-8)24(27)13-11-21-10-12-22-23(20-21)26(35-7)15-14-25(22)34-6/h10,12,14-15,20,28H,9,11,13,16-19H2,1-8H3/t28-,31-,32+/m1/s1. The highest BCUT2D eigenvalue weighted by Crippen LogP contribution is 2.61. The van der Waals surface area contributed by atoms with Crippen LogP contribution in [0.3, 0.4) is 0 Å². The normalized spacial score (nSPS) is 25.6. The van der Waals surface area contributed by atoms with Gasteiger partial charge in [0.1, 0.15) is 22.9 Å². The molecule has 0 radical (unpaired) electrons. The fourth-order valence-corrected chi connectivity index (χ4v) is 6.91. The number of ether oxygens (including phenoxy) is 3. The summed E-state index contributed by atoms with van der Waals surface area (Å²) in [5.74, 6) is 2.67. The molecule has 38 heavy (non-hydrogen) atoms. The van der Waals surface area contributed by atoms with Gasteiger partial charge in [-0.3, -0.25) is 4.79 Å². The molecule has 2 aromatic carbocycles. The first-order valence-electron chi connectivity index (χ1n) is 13.8. The van der Waals surface area contributed by atoms with E-state index < -0.39 is 11.0 Å². The predicted octanol–water partition coefficient (Wildman–Crippen LogP) is 7.57. The minimum atomic E-state index is -0.504. The van der Waals surface area contributed by atoms with Crippen molar-refractivity contribution in [2.75, 3.05) is 21.3 Å². The Bertz CT molecular complexity index is 1210. The van der Waals surface area contributed by atoms with Gasteiger partial charge >= 0.3 is 5.97 Å². The molecule has 6 nitrogen and oxygen atoms in total. The van der Waals surface area contributed by atoms with Crippen LogP contribution in [-0.4, -0.2) is 32.9 Å². The molecular weight excluding hydrogens is 480 g/mol. The molecule has 3 atom stereocenters. The molecule has 6 heteroatoms. The number of rotatable bonds is 8. The molecular formula is C32H44O6. The highest BCUT2D eigenvalue weighted by atomic mass is 17.2. The average molecular weight is 525 g/mol. The van der Waals surface area contributed by atoms with E-state index >= 15 is 0 Å². The number of fused-ring (bicyclic) bond motifs is 2. The molecule has 1 fully saturated rings. The fourth-order valence-electron chi connectivity index (χ4n) is 6.91. The zero-order valence-electron chi connectivity index (χ0n) is 24.4. The van der Waals surface area contributed by atoms with Gasteiger partial charge < -0.3 is 19.1 Å². The lowest BCUT2D eigenvalue weighted by atomic mass is 9.50. The van der Waals surface area contributed by atoms with Crippen LogP contribution in [0.15, 0.2) is 41.7 Å². The average Bonchev–Trinajstić information content (AvgIpc) is 2.89. The van der Waals surface area contributed by atoms with E-state index in [-0.39, 0.29) is 17.3 Å². The van der Waals surface area contributed by atoms with E-state index in [2.05, 4.69) is 32.0 Å². The number of methoxy groups -OCH3 is 3. The van der Waals surface area contributed by atoms with E-state index in [9.17, 15) is 4.79 Å². The van der Waals surface area contributed by atoms with Gasteiger partial charge in [-0.1, -0.05) is 25.5 Å². The Hall–Kier alpha value is -2.73. The molecule has 0 spiro atoms. The molecule has 2 aliphatic rings. The molecule has 0 heterocycles. The second kappa shape index (κ2) is 10.8. The number of carbonyl (C=O) groups is 1. The molecule has 1 saturated carbocycles. The maximum atomic E-state index is 13.0. The Balaban J connectivity index is 1.71. The van der Waals surface area contributed by atoms with Crippen LogP contribution in [-0.2, 0) is 25.7 Å². The van der Waals surface area contributed by atoms with Gasteiger partial charge in [-0.05, 0) is 100 Å². The van der Waals surface area contributed by atoms with E-state index in [4.69, 9.17) is 24.0 Å². The summed E-state index contributed by atoms with van der Waals surface area (Å²) in [7, 11) is 4.89. The van der Waals surface area contributed by atoms with Crippen LogP contribution in [0, 0.1) is 16.7 Å². The lowest BCUT2D eigenvalue weighted by Crippen LogP contribution is -2.51. The molecule has 208 valence electrons. The first kappa shape index (κ1) is 28.3. The number of aryl methyl sites for hydroxylation is 1. The summed E-state index contributed by atoms with van der Waals surface area (Å²) in [6, 6.07) is 10.4. The van der Waals surface area contributed by atoms with Crippen molar-refractivity contribution in [2.45, 2.75) is 85.2 Å². The molecule has 4 rings (SSSR count). The Kier molecular flexibility index (Phi) is 8.04. The topological polar surface area (TPSA) is 63.2 Å². The fraction of sp³-hybridized carbons (Fsp3) is 0.594. The van der Waals surface area contributed by atoms with E-state index in [1.165, 1.54) is 18.2 Å². The van der Waals surface area contributed by atoms with Crippen LogP contribution in [0.5, 0.6) is 11.5 Å². The van der Waals surface area contributed by atoms with Crippen LogP contribution in [0.1, 0.15) is 78.7 Å². The molecule has 0 unspecified atom stereocenters. The van der Waals surface area contributed by atoms with Gasteiger partial charge in [-0.15, -0.1) is 0 Å². The highest BCUT2D eigenvalue weighted by molar-refractivity contribution is 5.93. The van der Waals surface area contributed by atoms with Crippen molar-refractivity contribution in [3.8, 4) is 11.5 Å². The monoisotopic (exact) mass is 524 g/mol. The summed E-state index contributed by atoms with van der Waals surface area (Å²) in [6.45, 7) is 10.4. The zero-order valence-corrected chi connectivity index (χ0v) is 24.4. The van der Waals surface area contributed by atoms with Gasteiger partial charge in [0.2, 0.25) is 0 Å². The largest absolute Gasteiger partial charge is 0.496 e. The third-order valence-electron chi connectivity index (χ3n) is 8.76. The van der Waals surface area contributed by atoms with Gasteiger partial charge in [-0.25, -0.2) is 0 Å². The summed E-state index contributed by atoms with van der Waals surface area (Å²) in [5, 5.41) is 2.07. The van der Waals surface area contributed by atoms with Gasteiger partial charge in [0.05, 0.1) is 26.7 Å². The minimum absolute atomic E-state index is 0.0985. The first-order chi connectivity index (χ1) is 18.0. The van der Waals surface area contributed by atoms with Crippen molar-refractivity contribution in [2.24, 2.45) is 16.7 Å². The lowest BCUT2D eigenvalue weighted by Gasteiger charge is -2.54. The van der Waals surface area contributed by atoms with Crippen LogP contribution in [0.4, 0.5) is 0 Å². The third-order valence-corrected chi connectivity index (χ3v) is 8.76. The SMILES string of the molecule is COC(=O)[C@@]1(C)CCC[C@]2(C)C(CCc3ccc4c(OC)ccc(OC)c4c3)=C(OOC(C)(C)C)CC[C@@H]12. The number of hydrogen-bond acceptors (Lipinski definition) is 6. The van der Waals surface area contributed by atoms with Crippen molar-refractivity contribution in [1.82, 2.24) is 0 Å². The van der Waals surface area contributed by atoms with Gasteiger partial charge in [0, 0.05) is 17.2 Å². The van der Waals surface area contributed by atoms with Gasteiger partial charge in [0.25, 0.3) is 0 Å².